The van der Waals surface area contributed by atoms with Crippen molar-refractivity contribution in [3.63, 3.8) is 0 Å². The van der Waals surface area contributed by atoms with Gasteiger partial charge >= 0.3 is 0 Å². The summed E-state index contributed by atoms with van der Waals surface area (Å²) in [7, 11) is 1.88. The Balaban J connectivity index is 3.29. The molecule has 0 aliphatic rings. The van der Waals surface area contributed by atoms with Gasteiger partial charge in [-0.1, -0.05) is 17.7 Å². The second kappa shape index (κ2) is 3.14. The summed E-state index contributed by atoms with van der Waals surface area (Å²) in [6, 6.07) is 3.94. The second-order valence-electron chi connectivity index (χ2n) is 2.61. The molecule has 0 saturated heterocycles. The number of halogens is 1. The van der Waals surface area contributed by atoms with Gasteiger partial charge in [-0.2, -0.15) is 0 Å². The lowest BCUT2D eigenvalue weighted by atomic mass is 10.1. The Morgan fingerprint density at radius 1 is 1.27 bits per heavy atom. The van der Waals surface area contributed by atoms with Crippen molar-refractivity contribution in [2.45, 2.75) is 13.8 Å². The topological polar surface area (TPSA) is 12.0 Å². The lowest BCUT2D eigenvalue weighted by Crippen LogP contribution is -1.94. The van der Waals surface area contributed by atoms with E-state index in [1.165, 1.54) is 11.1 Å². The maximum atomic E-state index is 5.94. The van der Waals surface area contributed by atoms with Gasteiger partial charge in [0.2, 0.25) is 0 Å². The van der Waals surface area contributed by atoms with E-state index in [0.29, 0.717) is 0 Å². The molecule has 1 nitrogen and oxygen atoms in total. The molecule has 1 N–H and O–H groups in total. The van der Waals surface area contributed by atoms with Gasteiger partial charge in [-0.05, 0) is 31.0 Å². The Bertz CT molecular complexity index is 269. The second-order valence-corrected chi connectivity index (χ2v) is 3.02. The van der Waals surface area contributed by atoms with E-state index < -0.39 is 0 Å². The van der Waals surface area contributed by atoms with Crippen molar-refractivity contribution in [3.8, 4) is 0 Å². The maximum absolute atomic E-state index is 5.94. The summed E-state index contributed by atoms with van der Waals surface area (Å²) in [6.07, 6.45) is 0. The third kappa shape index (κ3) is 1.48. The number of hydrogen-bond acceptors (Lipinski definition) is 1. The van der Waals surface area contributed by atoms with Gasteiger partial charge in [-0.15, -0.1) is 0 Å². The van der Waals surface area contributed by atoms with Crippen molar-refractivity contribution in [2.75, 3.05) is 12.4 Å². The first-order chi connectivity index (χ1) is 5.16. The summed E-state index contributed by atoms with van der Waals surface area (Å²) in [4.78, 5) is 0. The van der Waals surface area contributed by atoms with E-state index in [1.807, 2.05) is 19.2 Å². The first-order valence-electron chi connectivity index (χ1n) is 3.60. The normalized spacial score (nSPS) is 9.82. The van der Waals surface area contributed by atoms with Crippen LogP contribution in [0.4, 0.5) is 5.69 Å². The van der Waals surface area contributed by atoms with Crippen molar-refractivity contribution in [1.82, 2.24) is 0 Å². The molecule has 2 heteroatoms. The zero-order valence-corrected chi connectivity index (χ0v) is 7.79. The quantitative estimate of drug-likeness (QED) is 0.682. The summed E-state index contributed by atoms with van der Waals surface area (Å²) in [5, 5.41) is 3.86. The number of aryl methyl sites for hydroxylation is 1. The average Bonchev–Trinajstić information content (AvgIpc) is 1.99. The van der Waals surface area contributed by atoms with E-state index in [-0.39, 0.29) is 0 Å². The summed E-state index contributed by atoms with van der Waals surface area (Å²) in [5.74, 6) is 0. The maximum Gasteiger partial charge on any atom is 0.0640 e. The third-order valence-corrected chi connectivity index (χ3v) is 2.25. The Hall–Kier alpha value is -0.690. The zero-order valence-electron chi connectivity index (χ0n) is 7.03. The highest BCUT2D eigenvalue weighted by atomic mass is 35.5. The van der Waals surface area contributed by atoms with Crippen LogP contribution in [0.2, 0.25) is 5.02 Å². The van der Waals surface area contributed by atoms with Gasteiger partial charge in [0.15, 0.2) is 0 Å². The van der Waals surface area contributed by atoms with Gasteiger partial charge in [-0.3, -0.25) is 0 Å². The molecule has 1 aromatic rings. The van der Waals surface area contributed by atoms with Crippen LogP contribution >= 0.6 is 11.6 Å². The molecule has 0 unspecified atom stereocenters. The Labute approximate surface area is 72.4 Å². The van der Waals surface area contributed by atoms with Crippen LogP contribution in [0.1, 0.15) is 11.1 Å². The number of benzene rings is 1. The predicted octanol–water partition coefficient (Wildman–Crippen LogP) is 3.00. The molecule has 0 atom stereocenters. The van der Waals surface area contributed by atoms with Crippen LogP contribution in [-0.4, -0.2) is 7.05 Å². The summed E-state index contributed by atoms with van der Waals surface area (Å²) in [5.41, 5.74) is 3.52. The molecule has 0 fully saturated rings. The van der Waals surface area contributed by atoms with Crippen molar-refractivity contribution >= 4 is 17.3 Å². The molecule has 0 amide bonds. The summed E-state index contributed by atoms with van der Waals surface area (Å²) >= 11 is 5.94. The fraction of sp³-hybridized carbons (Fsp3) is 0.333. The SMILES string of the molecule is CNc1c(Cl)ccc(C)c1C. The van der Waals surface area contributed by atoms with E-state index in [4.69, 9.17) is 11.6 Å². The monoisotopic (exact) mass is 169 g/mol. The highest BCUT2D eigenvalue weighted by Gasteiger charge is 2.02. The van der Waals surface area contributed by atoms with Gasteiger partial charge in [0.1, 0.15) is 0 Å². The first kappa shape index (κ1) is 8.41. The van der Waals surface area contributed by atoms with Crippen molar-refractivity contribution < 1.29 is 0 Å². The van der Waals surface area contributed by atoms with Crippen molar-refractivity contribution in [1.29, 1.82) is 0 Å². The molecule has 11 heavy (non-hydrogen) atoms. The van der Waals surface area contributed by atoms with Gasteiger partial charge in [0.25, 0.3) is 0 Å². The van der Waals surface area contributed by atoms with Crippen LogP contribution in [0.25, 0.3) is 0 Å². The molecule has 0 bridgehead atoms. The molecule has 1 aromatic carbocycles. The van der Waals surface area contributed by atoms with Crippen LogP contribution in [-0.2, 0) is 0 Å². The molecule has 0 spiro atoms. The minimum Gasteiger partial charge on any atom is -0.387 e. The molecular weight excluding hydrogens is 158 g/mol. The summed E-state index contributed by atoms with van der Waals surface area (Å²) in [6.45, 7) is 4.14. The van der Waals surface area contributed by atoms with E-state index in [9.17, 15) is 0 Å². The molecule has 0 saturated carbocycles. The minimum atomic E-state index is 0.788. The van der Waals surface area contributed by atoms with Gasteiger partial charge in [0, 0.05) is 7.05 Å². The molecule has 0 aromatic heterocycles. The van der Waals surface area contributed by atoms with Gasteiger partial charge < -0.3 is 5.32 Å². The van der Waals surface area contributed by atoms with Crippen LogP contribution < -0.4 is 5.32 Å². The van der Waals surface area contributed by atoms with Crippen LogP contribution in [0.15, 0.2) is 12.1 Å². The lowest BCUT2D eigenvalue weighted by molar-refractivity contribution is 1.32. The molecule has 1 rings (SSSR count). The number of nitrogens with one attached hydrogen (secondary N) is 1. The smallest absolute Gasteiger partial charge is 0.0640 e. The van der Waals surface area contributed by atoms with E-state index >= 15 is 0 Å². The lowest BCUT2D eigenvalue weighted by Gasteiger charge is -2.09. The highest BCUT2D eigenvalue weighted by Crippen LogP contribution is 2.27. The third-order valence-electron chi connectivity index (χ3n) is 1.93. The van der Waals surface area contributed by atoms with Crippen molar-refractivity contribution in [2.24, 2.45) is 0 Å². The van der Waals surface area contributed by atoms with Gasteiger partial charge in [-0.25, -0.2) is 0 Å². The number of rotatable bonds is 1. The Morgan fingerprint density at radius 2 is 1.91 bits per heavy atom. The fourth-order valence-electron chi connectivity index (χ4n) is 1.09. The van der Waals surface area contributed by atoms with Crippen LogP contribution in [0.5, 0.6) is 0 Å². The first-order valence-corrected chi connectivity index (χ1v) is 3.98. The molecule has 0 radical (unpaired) electrons. The molecule has 0 heterocycles. The fourth-order valence-corrected chi connectivity index (χ4v) is 1.39. The Kier molecular flexibility index (Phi) is 2.40. The molecule has 60 valence electrons. The molecule has 0 aliphatic carbocycles. The van der Waals surface area contributed by atoms with Crippen molar-refractivity contribution in [3.05, 3.63) is 28.3 Å². The standard InChI is InChI=1S/C9H12ClN/c1-6-4-5-8(10)9(11-3)7(6)2/h4-5,11H,1-3H3. The van der Waals surface area contributed by atoms with Gasteiger partial charge in [0.05, 0.1) is 10.7 Å². The zero-order chi connectivity index (χ0) is 8.43. The average molecular weight is 170 g/mol. The van der Waals surface area contributed by atoms with E-state index in [2.05, 4.69) is 19.2 Å². The summed E-state index contributed by atoms with van der Waals surface area (Å²) < 4.78 is 0. The van der Waals surface area contributed by atoms with Crippen LogP contribution in [0, 0.1) is 13.8 Å². The van der Waals surface area contributed by atoms with E-state index in [1.54, 1.807) is 0 Å². The Morgan fingerprint density at radius 3 is 2.36 bits per heavy atom. The number of hydrogen-bond donors (Lipinski definition) is 1. The predicted molar refractivity (Wildman–Crippen MR) is 50.5 cm³/mol. The minimum absolute atomic E-state index is 0.788. The largest absolute Gasteiger partial charge is 0.387 e. The molecule has 0 aliphatic heterocycles. The van der Waals surface area contributed by atoms with E-state index in [0.717, 1.165) is 10.7 Å². The van der Waals surface area contributed by atoms with Crippen LogP contribution in [0.3, 0.4) is 0 Å². The highest BCUT2D eigenvalue weighted by molar-refractivity contribution is 6.33. The number of anilines is 1. The molecular formula is C9H12ClN.